The third kappa shape index (κ3) is 1.39. The van der Waals surface area contributed by atoms with Crippen LogP contribution in [0, 0.1) is 10.1 Å². The maximum atomic E-state index is 11.3. The van der Waals surface area contributed by atoms with Crippen molar-refractivity contribution in [1.82, 2.24) is 0 Å². The van der Waals surface area contributed by atoms with Crippen LogP contribution < -0.4 is 5.46 Å². The molecule has 0 aliphatic carbocycles. The Labute approximate surface area is 105 Å². The highest BCUT2D eigenvalue weighted by molar-refractivity contribution is 6.44. The van der Waals surface area contributed by atoms with Gasteiger partial charge in [0.05, 0.1) is 10.3 Å². The quantitative estimate of drug-likeness (QED) is 0.280. The van der Waals surface area contributed by atoms with Gasteiger partial charge in [0.1, 0.15) is 7.85 Å². The molecule has 0 atom stereocenters. The van der Waals surface area contributed by atoms with E-state index in [-0.39, 0.29) is 10.6 Å². The zero-order chi connectivity index (χ0) is 12.7. The molecule has 18 heavy (non-hydrogen) atoms. The van der Waals surface area contributed by atoms with Crippen molar-refractivity contribution in [2.45, 2.75) is 0 Å². The van der Waals surface area contributed by atoms with Gasteiger partial charge in [-0.15, -0.1) is 0 Å². The predicted molar refractivity (Wildman–Crippen MR) is 76.3 cm³/mol. The molecule has 3 nitrogen and oxygen atoms in total. The number of nitro groups is 1. The van der Waals surface area contributed by atoms with Gasteiger partial charge in [0.15, 0.2) is 0 Å². The summed E-state index contributed by atoms with van der Waals surface area (Å²) in [5, 5.41) is 14.9. The summed E-state index contributed by atoms with van der Waals surface area (Å²) < 4.78 is 0. The normalized spacial score (nSPS) is 10.9. The summed E-state index contributed by atoms with van der Waals surface area (Å²) in [5.41, 5.74) is 0.943. The Balaban J connectivity index is 2.66. The lowest BCUT2D eigenvalue weighted by Gasteiger charge is -2.08. The third-order valence-corrected chi connectivity index (χ3v) is 3.34. The average molecular weight is 235 g/mol. The van der Waals surface area contributed by atoms with Crippen LogP contribution in [-0.4, -0.2) is 12.8 Å². The van der Waals surface area contributed by atoms with Crippen LogP contribution in [0.15, 0.2) is 48.5 Å². The summed E-state index contributed by atoms with van der Waals surface area (Å²) in [4.78, 5) is 11.0. The highest BCUT2D eigenvalue weighted by atomic mass is 16.6. The molecule has 0 amide bonds. The molecule has 0 radical (unpaired) electrons. The molecule has 0 aliphatic heterocycles. The van der Waals surface area contributed by atoms with E-state index in [0.29, 0.717) is 5.39 Å². The van der Waals surface area contributed by atoms with E-state index < -0.39 is 0 Å². The summed E-state index contributed by atoms with van der Waals surface area (Å²) in [5.74, 6) is 0. The zero-order valence-electron chi connectivity index (χ0n) is 9.88. The Bertz CT molecular complexity index is 783. The lowest BCUT2D eigenvalue weighted by Crippen LogP contribution is -2.11. The Morgan fingerprint density at radius 1 is 0.833 bits per heavy atom. The smallest absolute Gasteiger partial charge is 0.258 e. The van der Waals surface area contributed by atoms with Crippen molar-refractivity contribution in [2.24, 2.45) is 0 Å². The molecular formula is C14H10BNO2. The molecule has 3 aromatic carbocycles. The van der Waals surface area contributed by atoms with Crippen LogP contribution in [0.25, 0.3) is 21.5 Å². The van der Waals surface area contributed by atoms with Crippen LogP contribution in [0.5, 0.6) is 0 Å². The zero-order valence-corrected chi connectivity index (χ0v) is 9.88. The summed E-state index contributed by atoms with van der Waals surface area (Å²) in [6, 6.07) is 15.3. The standard InChI is InChI=1S/C14H10BNO2/c15-13-11-7-3-1-5-9(11)10-6-2-4-8-12(10)14(13)16(17)18/h1-8H,15H2. The number of nitrogens with zero attached hydrogens (tertiary/aromatic N) is 1. The average Bonchev–Trinajstić information content (AvgIpc) is 2.39. The van der Waals surface area contributed by atoms with Crippen molar-refractivity contribution < 1.29 is 4.92 Å². The maximum absolute atomic E-state index is 11.3. The molecule has 0 aliphatic rings. The topological polar surface area (TPSA) is 43.1 Å². The highest BCUT2D eigenvalue weighted by Gasteiger charge is 2.18. The van der Waals surface area contributed by atoms with Gasteiger partial charge in [-0.3, -0.25) is 10.1 Å². The second-order valence-electron chi connectivity index (χ2n) is 4.32. The lowest BCUT2D eigenvalue weighted by molar-refractivity contribution is -0.381. The van der Waals surface area contributed by atoms with E-state index in [0.717, 1.165) is 21.6 Å². The minimum Gasteiger partial charge on any atom is -0.258 e. The van der Waals surface area contributed by atoms with E-state index in [9.17, 15) is 10.1 Å². The van der Waals surface area contributed by atoms with Crippen LogP contribution in [-0.2, 0) is 0 Å². The first-order valence-corrected chi connectivity index (χ1v) is 5.74. The van der Waals surface area contributed by atoms with Crippen LogP contribution in [0.4, 0.5) is 5.69 Å². The molecular weight excluding hydrogens is 225 g/mol. The monoisotopic (exact) mass is 235 g/mol. The number of fused-ring (bicyclic) bond motifs is 3. The van der Waals surface area contributed by atoms with Gasteiger partial charge < -0.3 is 0 Å². The van der Waals surface area contributed by atoms with Crippen molar-refractivity contribution in [2.75, 3.05) is 0 Å². The molecule has 3 rings (SSSR count). The second kappa shape index (κ2) is 3.84. The number of nitro benzene ring substituents is 1. The van der Waals surface area contributed by atoms with Gasteiger partial charge in [-0.1, -0.05) is 42.5 Å². The van der Waals surface area contributed by atoms with Gasteiger partial charge in [-0.05, 0) is 27.7 Å². The largest absolute Gasteiger partial charge is 0.271 e. The van der Waals surface area contributed by atoms with Crippen LogP contribution in [0.1, 0.15) is 0 Å². The first-order chi connectivity index (χ1) is 8.70. The number of rotatable bonds is 1. The minimum atomic E-state index is -0.288. The lowest BCUT2D eigenvalue weighted by atomic mass is 9.85. The molecule has 0 fully saturated rings. The summed E-state index contributed by atoms with van der Waals surface area (Å²) in [6.45, 7) is 0. The van der Waals surface area contributed by atoms with Crippen LogP contribution in [0.2, 0.25) is 0 Å². The Morgan fingerprint density at radius 3 is 1.83 bits per heavy atom. The van der Waals surface area contributed by atoms with Crippen LogP contribution >= 0.6 is 0 Å². The fraction of sp³-hybridized carbons (Fsp3) is 0. The molecule has 86 valence electrons. The predicted octanol–water partition coefficient (Wildman–Crippen LogP) is 2.16. The second-order valence-corrected chi connectivity index (χ2v) is 4.32. The molecule has 0 aromatic heterocycles. The van der Waals surface area contributed by atoms with Gasteiger partial charge >= 0.3 is 0 Å². The fourth-order valence-electron chi connectivity index (χ4n) is 2.53. The number of benzene rings is 3. The van der Waals surface area contributed by atoms with Crippen molar-refractivity contribution in [1.29, 1.82) is 0 Å². The van der Waals surface area contributed by atoms with E-state index in [2.05, 4.69) is 0 Å². The van der Waals surface area contributed by atoms with Gasteiger partial charge in [-0.25, -0.2) is 0 Å². The maximum Gasteiger partial charge on any atom is 0.271 e. The molecule has 4 heteroatoms. The van der Waals surface area contributed by atoms with E-state index in [1.807, 2.05) is 56.4 Å². The molecule has 0 bridgehead atoms. The molecule has 3 aromatic rings. The summed E-state index contributed by atoms with van der Waals surface area (Å²) in [6.07, 6.45) is 0. The molecule has 0 spiro atoms. The molecule has 0 saturated heterocycles. The van der Waals surface area contributed by atoms with Gasteiger partial charge in [0, 0.05) is 0 Å². The summed E-state index contributed by atoms with van der Waals surface area (Å²) in [7, 11) is 1.81. The molecule has 0 N–H and O–H groups in total. The van der Waals surface area contributed by atoms with E-state index in [1.165, 1.54) is 0 Å². The van der Waals surface area contributed by atoms with Gasteiger partial charge in [-0.2, -0.15) is 0 Å². The first-order valence-electron chi connectivity index (χ1n) is 5.74. The van der Waals surface area contributed by atoms with Crippen molar-refractivity contribution in [3.05, 3.63) is 58.6 Å². The van der Waals surface area contributed by atoms with Crippen molar-refractivity contribution in [3.63, 3.8) is 0 Å². The van der Waals surface area contributed by atoms with E-state index in [4.69, 9.17) is 0 Å². The van der Waals surface area contributed by atoms with Gasteiger partial charge in [0.2, 0.25) is 0 Å². The highest BCUT2D eigenvalue weighted by Crippen LogP contribution is 2.30. The Kier molecular flexibility index (Phi) is 2.30. The van der Waals surface area contributed by atoms with Crippen LogP contribution in [0.3, 0.4) is 0 Å². The third-order valence-electron chi connectivity index (χ3n) is 3.34. The Hall–Kier alpha value is -2.36. The van der Waals surface area contributed by atoms with Crippen molar-refractivity contribution in [3.8, 4) is 0 Å². The van der Waals surface area contributed by atoms with Crippen molar-refractivity contribution >= 4 is 40.5 Å². The number of hydrogen-bond donors (Lipinski definition) is 0. The Morgan fingerprint density at radius 2 is 1.28 bits per heavy atom. The summed E-state index contributed by atoms with van der Waals surface area (Å²) >= 11 is 0. The number of hydrogen-bond acceptors (Lipinski definition) is 2. The molecule has 0 unspecified atom stereocenters. The van der Waals surface area contributed by atoms with E-state index >= 15 is 0 Å². The fourth-order valence-corrected chi connectivity index (χ4v) is 2.53. The SMILES string of the molecule is Bc1c([N+](=O)[O-])c2ccccc2c2ccccc12. The molecule has 0 saturated carbocycles. The minimum absolute atomic E-state index is 0.212. The van der Waals surface area contributed by atoms with Gasteiger partial charge in [0.25, 0.3) is 5.69 Å². The first kappa shape index (κ1) is 10.8. The molecule has 0 heterocycles. The van der Waals surface area contributed by atoms with E-state index in [1.54, 1.807) is 0 Å².